The summed E-state index contributed by atoms with van der Waals surface area (Å²) in [5.41, 5.74) is 4.06. The van der Waals surface area contributed by atoms with Crippen molar-refractivity contribution in [2.75, 3.05) is 0 Å². The van der Waals surface area contributed by atoms with Crippen molar-refractivity contribution in [3.63, 3.8) is 0 Å². The van der Waals surface area contributed by atoms with Crippen LogP contribution in [0.3, 0.4) is 0 Å². The third-order valence-corrected chi connectivity index (χ3v) is 6.09. The molecule has 4 aromatic carbocycles. The fraction of sp³-hybridized carbons (Fsp3) is 0.0769. The van der Waals surface area contributed by atoms with Gasteiger partial charge in [0.15, 0.2) is 0 Å². The van der Waals surface area contributed by atoms with Crippen molar-refractivity contribution in [2.45, 2.75) is 12.5 Å². The van der Waals surface area contributed by atoms with Crippen LogP contribution >= 0.6 is 27.5 Å². The number of aliphatic hydroxyl groups is 1. The molecule has 1 nitrogen and oxygen atoms in total. The molecule has 4 aromatic rings. The van der Waals surface area contributed by atoms with E-state index >= 15 is 0 Å². The number of hydrogen-bond donors (Lipinski definition) is 1. The average Bonchev–Trinajstić information content (AvgIpc) is 2.76. The van der Waals surface area contributed by atoms with Gasteiger partial charge in [0.05, 0.1) is 0 Å². The summed E-state index contributed by atoms with van der Waals surface area (Å²) in [6, 6.07) is 31.4. The van der Waals surface area contributed by atoms with Gasteiger partial charge >= 0.3 is 0 Å². The van der Waals surface area contributed by atoms with Crippen molar-refractivity contribution in [1.82, 2.24) is 0 Å². The molecule has 0 aliphatic heterocycles. The minimum Gasteiger partial charge on any atom is -0.376 e. The zero-order valence-corrected chi connectivity index (χ0v) is 18.3. The predicted octanol–water partition coefficient (Wildman–Crippen LogP) is 7.36. The molecule has 0 unspecified atom stereocenters. The molecule has 0 radical (unpaired) electrons. The summed E-state index contributed by atoms with van der Waals surface area (Å²) in [5, 5.41) is 12.9. The van der Waals surface area contributed by atoms with E-state index in [0.29, 0.717) is 5.02 Å². The molecule has 0 aliphatic rings. The first-order valence-corrected chi connectivity index (χ1v) is 10.6. The summed E-state index contributed by atoms with van der Waals surface area (Å²) >= 11 is 10.1. The zero-order valence-electron chi connectivity index (χ0n) is 15.9. The molecule has 0 amide bonds. The second-order valence-electron chi connectivity index (χ2n) is 7.12. The molecule has 0 aromatic heterocycles. The second kappa shape index (κ2) is 8.16. The van der Waals surface area contributed by atoms with E-state index in [4.69, 9.17) is 11.6 Å². The fourth-order valence-corrected chi connectivity index (χ4v) is 4.36. The Balaban J connectivity index is 2.07. The first kappa shape index (κ1) is 19.9. The highest BCUT2D eigenvalue weighted by Gasteiger charge is 2.36. The number of aryl methyl sites for hydroxylation is 1. The summed E-state index contributed by atoms with van der Waals surface area (Å²) in [7, 11) is 0. The quantitative estimate of drug-likeness (QED) is 0.313. The molecule has 3 heteroatoms. The summed E-state index contributed by atoms with van der Waals surface area (Å²) < 4.78 is 0.968. The lowest BCUT2D eigenvalue weighted by Gasteiger charge is -2.32. The molecule has 1 N–H and O–H groups in total. The van der Waals surface area contributed by atoms with Gasteiger partial charge in [0.25, 0.3) is 0 Å². The molecule has 0 fully saturated rings. The van der Waals surface area contributed by atoms with Crippen LogP contribution in [0.5, 0.6) is 0 Å². The third-order valence-electron chi connectivity index (χ3n) is 5.17. The zero-order chi connectivity index (χ0) is 20.4. The van der Waals surface area contributed by atoms with Crippen molar-refractivity contribution in [3.8, 4) is 11.1 Å². The lowest BCUT2D eigenvalue weighted by Crippen LogP contribution is -2.29. The van der Waals surface area contributed by atoms with E-state index in [1.807, 2.05) is 84.9 Å². The molecule has 0 heterocycles. The van der Waals surface area contributed by atoms with Crippen LogP contribution in [0.15, 0.2) is 102 Å². The molecule has 0 spiro atoms. The molecule has 4 rings (SSSR count). The standard InChI is InChI=1S/C26H20BrClO/c1-18-12-15-25(27)23(16-18)22-14-13-21(28)17-24(22)26(29,19-8-4-2-5-9-19)20-10-6-3-7-11-20/h2-17,29H,1H3. The van der Waals surface area contributed by atoms with E-state index < -0.39 is 5.60 Å². The van der Waals surface area contributed by atoms with Gasteiger partial charge in [-0.05, 0) is 47.4 Å². The van der Waals surface area contributed by atoms with E-state index in [0.717, 1.165) is 37.9 Å². The van der Waals surface area contributed by atoms with E-state index in [1.54, 1.807) is 0 Å². The van der Waals surface area contributed by atoms with Gasteiger partial charge in [-0.1, -0.05) is 112 Å². The molecular formula is C26H20BrClO. The maximum absolute atomic E-state index is 12.3. The van der Waals surface area contributed by atoms with Gasteiger partial charge in [0, 0.05) is 15.1 Å². The van der Waals surface area contributed by atoms with Crippen LogP contribution in [0.25, 0.3) is 11.1 Å². The van der Waals surface area contributed by atoms with Crippen LogP contribution in [0.2, 0.25) is 5.02 Å². The van der Waals surface area contributed by atoms with Gasteiger partial charge in [0.2, 0.25) is 0 Å². The smallest absolute Gasteiger partial charge is 0.141 e. The summed E-state index contributed by atoms with van der Waals surface area (Å²) in [6.45, 7) is 2.06. The van der Waals surface area contributed by atoms with Crippen molar-refractivity contribution in [3.05, 3.63) is 129 Å². The van der Waals surface area contributed by atoms with Gasteiger partial charge in [-0.3, -0.25) is 0 Å². The number of halogens is 2. The Kier molecular flexibility index (Phi) is 5.60. The minimum atomic E-state index is -1.36. The Morgan fingerprint density at radius 3 is 1.90 bits per heavy atom. The fourth-order valence-electron chi connectivity index (χ4n) is 3.73. The maximum atomic E-state index is 12.3. The molecule has 29 heavy (non-hydrogen) atoms. The predicted molar refractivity (Wildman–Crippen MR) is 124 cm³/mol. The topological polar surface area (TPSA) is 20.2 Å². The van der Waals surface area contributed by atoms with Crippen molar-refractivity contribution in [2.24, 2.45) is 0 Å². The SMILES string of the molecule is Cc1ccc(Br)c(-c2ccc(Cl)cc2C(O)(c2ccccc2)c2ccccc2)c1. The Morgan fingerprint density at radius 2 is 1.31 bits per heavy atom. The second-order valence-corrected chi connectivity index (χ2v) is 8.41. The third kappa shape index (κ3) is 3.76. The maximum Gasteiger partial charge on any atom is 0.141 e. The van der Waals surface area contributed by atoms with Crippen LogP contribution in [0.4, 0.5) is 0 Å². The monoisotopic (exact) mass is 462 g/mol. The van der Waals surface area contributed by atoms with Crippen molar-refractivity contribution >= 4 is 27.5 Å². The van der Waals surface area contributed by atoms with Gasteiger partial charge in [-0.2, -0.15) is 0 Å². The Bertz CT molecular complexity index is 1100. The molecular weight excluding hydrogens is 444 g/mol. The van der Waals surface area contributed by atoms with Gasteiger partial charge in [-0.25, -0.2) is 0 Å². The Hall–Kier alpha value is -2.39. The Morgan fingerprint density at radius 1 is 0.724 bits per heavy atom. The van der Waals surface area contributed by atoms with E-state index in [1.165, 1.54) is 0 Å². The normalized spacial score (nSPS) is 11.4. The van der Waals surface area contributed by atoms with E-state index in [9.17, 15) is 5.11 Å². The number of rotatable bonds is 4. The molecule has 144 valence electrons. The van der Waals surface area contributed by atoms with E-state index in [-0.39, 0.29) is 0 Å². The highest BCUT2D eigenvalue weighted by molar-refractivity contribution is 9.10. The van der Waals surface area contributed by atoms with Crippen LogP contribution in [-0.2, 0) is 5.60 Å². The first-order chi connectivity index (χ1) is 14.0. The number of benzene rings is 4. The largest absolute Gasteiger partial charge is 0.376 e. The highest BCUT2D eigenvalue weighted by Crippen LogP contribution is 2.44. The van der Waals surface area contributed by atoms with Crippen molar-refractivity contribution < 1.29 is 5.11 Å². The van der Waals surface area contributed by atoms with Gasteiger partial charge in [-0.15, -0.1) is 0 Å². The first-order valence-electron chi connectivity index (χ1n) is 9.40. The molecule has 0 atom stereocenters. The van der Waals surface area contributed by atoms with Gasteiger partial charge in [0.1, 0.15) is 5.60 Å². The van der Waals surface area contributed by atoms with E-state index in [2.05, 4.69) is 35.0 Å². The number of hydrogen-bond acceptors (Lipinski definition) is 1. The molecule has 0 saturated heterocycles. The van der Waals surface area contributed by atoms with Gasteiger partial charge < -0.3 is 5.11 Å². The Labute approximate surface area is 184 Å². The lowest BCUT2D eigenvalue weighted by molar-refractivity contribution is 0.126. The summed E-state index contributed by atoms with van der Waals surface area (Å²) in [6.07, 6.45) is 0. The van der Waals surface area contributed by atoms with Crippen LogP contribution < -0.4 is 0 Å². The highest BCUT2D eigenvalue weighted by atomic mass is 79.9. The summed E-state index contributed by atoms with van der Waals surface area (Å²) in [4.78, 5) is 0. The van der Waals surface area contributed by atoms with Crippen LogP contribution in [0, 0.1) is 6.92 Å². The average molecular weight is 464 g/mol. The molecule has 0 aliphatic carbocycles. The summed E-state index contributed by atoms with van der Waals surface area (Å²) in [5.74, 6) is 0. The molecule has 0 saturated carbocycles. The lowest BCUT2D eigenvalue weighted by atomic mass is 9.77. The minimum absolute atomic E-state index is 0.581. The van der Waals surface area contributed by atoms with Crippen LogP contribution in [0.1, 0.15) is 22.3 Å². The molecule has 0 bridgehead atoms. The van der Waals surface area contributed by atoms with Crippen molar-refractivity contribution in [1.29, 1.82) is 0 Å². The van der Waals surface area contributed by atoms with Crippen LogP contribution in [-0.4, -0.2) is 5.11 Å².